The second-order valence-electron chi connectivity index (χ2n) is 12.1. The molecule has 1 aliphatic heterocycles. The monoisotopic (exact) mass is 590 g/mol. The summed E-state index contributed by atoms with van der Waals surface area (Å²) in [5, 5.41) is 13.0. The average Bonchev–Trinajstić information content (AvgIpc) is 3.04. The number of nitrogens with one attached hydrogen (secondary N) is 1. The lowest BCUT2D eigenvalue weighted by Crippen LogP contribution is -2.35. The van der Waals surface area contributed by atoms with Gasteiger partial charge in [-0.1, -0.05) is 50.6 Å². The lowest BCUT2D eigenvalue weighted by molar-refractivity contribution is -0.111. The topological polar surface area (TPSA) is 78.4 Å². The summed E-state index contributed by atoms with van der Waals surface area (Å²) in [6, 6.07) is 18.6. The molecule has 6 nitrogen and oxygen atoms in total. The number of fused-ring (bicyclic) bond motifs is 1. The molecule has 1 amide bonds. The number of likely N-dealkylation sites (tertiary alicyclic amines) is 1. The predicted octanol–water partition coefficient (Wildman–Crippen LogP) is 7.46. The van der Waals surface area contributed by atoms with Crippen LogP contribution in [0.1, 0.15) is 62.6 Å². The van der Waals surface area contributed by atoms with E-state index >= 15 is 0 Å². The normalized spacial score (nSPS) is 19.1. The number of benzene rings is 2. The minimum absolute atomic E-state index is 0.154. The van der Waals surface area contributed by atoms with E-state index in [2.05, 4.69) is 65.2 Å². The van der Waals surface area contributed by atoms with Crippen LogP contribution in [-0.4, -0.2) is 45.1 Å². The van der Waals surface area contributed by atoms with Crippen molar-refractivity contribution in [2.45, 2.75) is 58.6 Å². The predicted molar refractivity (Wildman–Crippen MR) is 173 cm³/mol. The number of aliphatic hydroxyl groups excluding tert-OH is 1. The minimum atomic E-state index is -0.315. The molecule has 0 radical (unpaired) electrons. The van der Waals surface area contributed by atoms with Crippen molar-refractivity contribution < 1.29 is 14.3 Å². The van der Waals surface area contributed by atoms with Crippen molar-refractivity contribution in [1.82, 2.24) is 14.9 Å². The van der Waals surface area contributed by atoms with E-state index in [1.165, 1.54) is 17.7 Å². The van der Waals surface area contributed by atoms with E-state index in [4.69, 9.17) is 0 Å². The molecule has 3 heterocycles. The van der Waals surface area contributed by atoms with Crippen molar-refractivity contribution in [3.8, 4) is 22.4 Å². The third-order valence-corrected chi connectivity index (χ3v) is 9.28. The van der Waals surface area contributed by atoms with Crippen LogP contribution in [-0.2, 0) is 11.3 Å². The Morgan fingerprint density at radius 2 is 1.77 bits per heavy atom. The van der Waals surface area contributed by atoms with Gasteiger partial charge in [-0.2, -0.15) is 0 Å². The molecule has 6 rings (SSSR count). The fraction of sp³-hybridized carbons (Fsp3) is 0.324. The molecule has 2 aliphatic rings. The standard InChI is InChI=1S/C37H39FN4O2/c1-4-32-23(2)24(3)33-10-8-26(28-16-25(19-39-20-28)22-42-14-12-31(43)13-15-42)18-34(33)36(32)37(44)41-30-9-11-35(40-21-30)27-6-5-7-29(38)17-27/h5-11,16-21,23-24,31,43H,4,12-15,22H2,1-3H3,(H,41,44). The summed E-state index contributed by atoms with van der Waals surface area (Å²) < 4.78 is 13.7. The van der Waals surface area contributed by atoms with Crippen LogP contribution in [0, 0.1) is 11.7 Å². The summed E-state index contributed by atoms with van der Waals surface area (Å²) in [6.45, 7) is 9.12. The number of pyridine rings is 2. The first kappa shape index (κ1) is 29.9. The summed E-state index contributed by atoms with van der Waals surface area (Å²) in [5.41, 5.74) is 9.08. The third-order valence-electron chi connectivity index (χ3n) is 9.28. The fourth-order valence-electron chi connectivity index (χ4n) is 6.64. The maximum absolute atomic E-state index is 14.0. The van der Waals surface area contributed by atoms with E-state index in [1.54, 1.807) is 18.3 Å². The van der Waals surface area contributed by atoms with Crippen LogP contribution in [0.5, 0.6) is 0 Å². The zero-order chi connectivity index (χ0) is 30.8. The molecule has 0 bridgehead atoms. The molecule has 1 fully saturated rings. The van der Waals surface area contributed by atoms with Crippen molar-refractivity contribution in [3.05, 3.63) is 107 Å². The van der Waals surface area contributed by atoms with Crippen molar-refractivity contribution in [2.24, 2.45) is 5.92 Å². The molecule has 2 atom stereocenters. The van der Waals surface area contributed by atoms with Gasteiger partial charge >= 0.3 is 0 Å². The van der Waals surface area contributed by atoms with Gasteiger partial charge in [0.15, 0.2) is 0 Å². The van der Waals surface area contributed by atoms with Gasteiger partial charge in [-0.3, -0.25) is 19.7 Å². The van der Waals surface area contributed by atoms with E-state index in [1.807, 2.05) is 24.5 Å². The first-order valence-corrected chi connectivity index (χ1v) is 15.6. The van der Waals surface area contributed by atoms with Crippen molar-refractivity contribution in [2.75, 3.05) is 18.4 Å². The molecule has 2 N–H and O–H groups in total. The Morgan fingerprint density at radius 3 is 2.50 bits per heavy atom. The first-order valence-electron chi connectivity index (χ1n) is 15.6. The number of carbonyl (C=O) groups is 1. The van der Waals surface area contributed by atoms with Crippen molar-refractivity contribution >= 4 is 17.2 Å². The fourth-order valence-corrected chi connectivity index (χ4v) is 6.64. The SMILES string of the molecule is CCC1=C(C(=O)Nc2ccc(-c3cccc(F)c3)nc2)c2cc(-c3cncc(CN4CCC(O)CC4)c3)ccc2C(C)C1C. The zero-order valence-electron chi connectivity index (χ0n) is 25.6. The highest BCUT2D eigenvalue weighted by molar-refractivity contribution is 6.27. The minimum Gasteiger partial charge on any atom is -0.393 e. The lowest BCUT2D eigenvalue weighted by atomic mass is 9.71. The number of aromatic nitrogens is 2. The molecule has 0 saturated carbocycles. The summed E-state index contributed by atoms with van der Waals surface area (Å²) >= 11 is 0. The molecular formula is C37H39FN4O2. The Hall–Kier alpha value is -4.20. The number of allylic oxidation sites excluding steroid dienone is 1. The summed E-state index contributed by atoms with van der Waals surface area (Å²) in [7, 11) is 0. The number of piperidine rings is 1. The lowest BCUT2D eigenvalue weighted by Gasteiger charge is -2.33. The third kappa shape index (κ3) is 6.21. The van der Waals surface area contributed by atoms with Crippen LogP contribution in [0.3, 0.4) is 0 Å². The van der Waals surface area contributed by atoms with Gasteiger partial charge in [0.2, 0.25) is 0 Å². The maximum Gasteiger partial charge on any atom is 0.256 e. The van der Waals surface area contributed by atoms with Gasteiger partial charge in [-0.15, -0.1) is 0 Å². The van der Waals surface area contributed by atoms with E-state index in [-0.39, 0.29) is 29.7 Å². The Bertz CT molecular complexity index is 1690. The summed E-state index contributed by atoms with van der Waals surface area (Å²) in [4.78, 5) is 25.4. The van der Waals surface area contributed by atoms with Crippen LogP contribution in [0.25, 0.3) is 28.0 Å². The zero-order valence-corrected chi connectivity index (χ0v) is 25.6. The van der Waals surface area contributed by atoms with Gasteiger partial charge in [0.1, 0.15) is 5.82 Å². The largest absolute Gasteiger partial charge is 0.393 e. The van der Waals surface area contributed by atoms with Gasteiger partial charge in [0.05, 0.1) is 23.7 Å². The van der Waals surface area contributed by atoms with Gasteiger partial charge in [-0.05, 0) is 89.8 Å². The van der Waals surface area contributed by atoms with E-state index in [0.29, 0.717) is 16.9 Å². The van der Waals surface area contributed by atoms with Gasteiger partial charge in [0, 0.05) is 48.7 Å². The molecular weight excluding hydrogens is 551 g/mol. The van der Waals surface area contributed by atoms with Gasteiger partial charge in [-0.25, -0.2) is 4.39 Å². The molecule has 1 aliphatic carbocycles. The van der Waals surface area contributed by atoms with E-state index in [0.717, 1.165) is 72.3 Å². The number of aliphatic hydroxyl groups is 1. The second-order valence-corrected chi connectivity index (χ2v) is 12.1. The average molecular weight is 591 g/mol. The van der Waals surface area contributed by atoms with Crippen LogP contribution in [0.4, 0.5) is 10.1 Å². The Kier molecular flexibility index (Phi) is 8.69. The van der Waals surface area contributed by atoms with Crippen LogP contribution in [0.15, 0.2) is 84.8 Å². The molecule has 7 heteroatoms. The Balaban J connectivity index is 1.29. The molecule has 1 saturated heterocycles. The van der Waals surface area contributed by atoms with Crippen LogP contribution >= 0.6 is 0 Å². The Labute approximate surface area is 258 Å². The molecule has 44 heavy (non-hydrogen) atoms. The number of hydrogen-bond acceptors (Lipinski definition) is 5. The number of nitrogens with zero attached hydrogens (tertiary/aromatic N) is 3. The number of halogens is 1. The highest BCUT2D eigenvalue weighted by Gasteiger charge is 2.33. The van der Waals surface area contributed by atoms with Crippen LogP contribution in [0.2, 0.25) is 0 Å². The summed E-state index contributed by atoms with van der Waals surface area (Å²) in [6.07, 6.45) is 7.61. The number of rotatable bonds is 7. The molecule has 2 aromatic carbocycles. The van der Waals surface area contributed by atoms with E-state index < -0.39 is 0 Å². The number of anilines is 1. The highest BCUT2D eigenvalue weighted by Crippen LogP contribution is 2.45. The Morgan fingerprint density at radius 1 is 0.955 bits per heavy atom. The van der Waals surface area contributed by atoms with Crippen molar-refractivity contribution in [1.29, 1.82) is 0 Å². The maximum atomic E-state index is 14.0. The highest BCUT2D eigenvalue weighted by atomic mass is 19.1. The number of hydrogen-bond donors (Lipinski definition) is 2. The second kappa shape index (κ2) is 12.8. The van der Waals surface area contributed by atoms with Crippen LogP contribution < -0.4 is 5.32 Å². The molecule has 0 spiro atoms. The van der Waals surface area contributed by atoms with Gasteiger partial charge < -0.3 is 10.4 Å². The quantitative estimate of drug-likeness (QED) is 0.234. The smallest absolute Gasteiger partial charge is 0.256 e. The van der Waals surface area contributed by atoms with Gasteiger partial charge in [0.25, 0.3) is 5.91 Å². The van der Waals surface area contributed by atoms with E-state index in [9.17, 15) is 14.3 Å². The molecule has 2 aromatic heterocycles. The first-order chi connectivity index (χ1) is 21.3. The summed E-state index contributed by atoms with van der Waals surface area (Å²) in [5.74, 6) is 0.0282. The molecule has 226 valence electrons. The molecule has 2 unspecified atom stereocenters. The van der Waals surface area contributed by atoms with Crippen molar-refractivity contribution in [3.63, 3.8) is 0 Å². The molecule has 4 aromatic rings. The number of amides is 1. The number of carbonyl (C=O) groups excluding carboxylic acids is 1.